The molecule has 0 bridgehead atoms. The molecule has 186 valence electrons. The number of unbranched alkanes of at least 4 members (excludes halogenated alkanes) is 3. The van der Waals surface area contributed by atoms with Crippen LogP contribution in [0, 0.1) is 13.8 Å². The first-order valence-corrected chi connectivity index (χ1v) is 12.2. The molecule has 0 aliphatic carbocycles. The molecule has 6 nitrogen and oxygen atoms in total. The Labute approximate surface area is 203 Å². The predicted molar refractivity (Wildman–Crippen MR) is 136 cm³/mol. The molecule has 2 rings (SSSR count). The summed E-state index contributed by atoms with van der Waals surface area (Å²) in [4.78, 5) is 24.2. The van der Waals surface area contributed by atoms with Crippen molar-refractivity contribution in [2.45, 2.75) is 71.6 Å². The van der Waals surface area contributed by atoms with Crippen molar-refractivity contribution < 1.29 is 24.5 Å². The third kappa shape index (κ3) is 9.86. The van der Waals surface area contributed by atoms with Crippen molar-refractivity contribution in [1.29, 1.82) is 0 Å². The monoisotopic (exact) mass is 469 g/mol. The van der Waals surface area contributed by atoms with Gasteiger partial charge in [-0.05, 0) is 86.4 Å². The lowest BCUT2D eigenvalue weighted by Gasteiger charge is -2.20. The van der Waals surface area contributed by atoms with E-state index in [1.54, 1.807) is 0 Å². The van der Waals surface area contributed by atoms with Crippen molar-refractivity contribution in [3.05, 3.63) is 58.7 Å². The molecule has 0 atom stereocenters. The first-order chi connectivity index (χ1) is 16.3. The fourth-order valence-corrected chi connectivity index (χ4v) is 4.22. The van der Waals surface area contributed by atoms with E-state index < -0.39 is 11.9 Å². The van der Waals surface area contributed by atoms with Crippen LogP contribution in [-0.2, 0) is 22.4 Å². The molecule has 0 saturated heterocycles. The van der Waals surface area contributed by atoms with E-state index in [2.05, 4.69) is 50.1 Å². The van der Waals surface area contributed by atoms with Crippen LogP contribution in [0.15, 0.2) is 36.4 Å². The number of ether oxygens (including phenoxy) is 1. The second-order valence-corrected chi connectivity index (χ2v) is 9.06. The number of aliphatic carboxylic acids is 2. The Morgan fingerprint density at radius 2 is 1.53 bits per heavy atom. The quantitative estimate of drug-likeness (QED) is 0.302. The minimum Gasteiger partial charge on any atom is -0.493 e. The van der Waals surface area contributed by atoms with Gasteiger partial charge < -0.3 is 19.8 Å². The molecule has 0 fully saturated rings. The molecule has 0 heterocycles. The lowest BCUT2D eigenvalue weighted by molar-refractivity contribution is -0.138. The summed E-state index contributed by atoms with van der Waals surface area (Å²) in [5.74, 6) is -0.998. The Balaban J connectivity index is 1.84. The van der Waals surface area contributed by atoms with Gasteiger partial charge in [-0.1, -0.05) is 31.0 Å². The third-order valence-corrected chi connectivity index (χ3v) is 5.95. The average Bonchev–Trinajstić information content (AvgIpc) is 2.77. The molecule has 0 spiro atoms. The molecule has 0 aliphatic rings. The predicted octanol–water partition coefficient (Wildman–Crippen LogP) is 5.80. The van der Waals surface area contributed by atoms with Crippen molar-refractivity contribution in [2.75, 3.05) is 25.1 Å². The minimum absolute atomic E-state index is 0.0489. The second-order valence-electron chi connectivity index (χ2n) is 9.06. The number of nitrogens with zero attached hydrogens (tertiary/aromatic N) is 1. The molecule has 2 aromatic rings. The van der Waals surface area contributed by atoms with Crippen molar-refractivity contribution in [2.24, 2.45) is 0 Å². The first kappa shape index (κ1) is 27.2. The van der Waals surface area contributed by atoms with Gasteiger partial charge in [0.25, 0.3) is 0 Å². The SMILES string of the molecule is Cc1cc(C)cc(N(C)CCCCCCc2cccc(OCCCC(=O)O)c2CCC(=O)O)c1. The summed E-state index contributed by atoms with van der Waals surface area (Å²) in [6, 6.07) is 12.5. The molecule has 2 aromatic carbocycles. The summed E-state index contributed by atoms with van der Waals surface area (Å²) in [6.07, 6.45) is 6.25. The largest absolute Gasteiger partial charge is 0.493 e. The van der Waals surface area contributed by atoms with E-state index in [-0.39, 0.29) is 12.8 Å². The van der Waals surface area contributed by atoms with Crippen LogP contribution in [0.25, 0.3) is 0 Å². The molecule has 0 aliphatic heterocycles. The van der Waals surface area contributed by atoms with Gasteiger partial charge in [-0.3, -0.25) is 9.59 Å². The summed E-state index contributed by atoms with van der Waals surface area (Å²) in [7, 11) is 2.14. The van der Waals surface area contributed by atoms with Crippen LogP contribution in [0.1, 0.15) is 67.2 Å². The van der Waals surface area contributed by atoms with Gasteiger partial charge in [0.2, 0.25) is 0 Å². The van der Waals surface area contributed by atoms with E-state index in [1.807, 2.05) is 12.1 Å². The molecule has 34 heavy (non-hydrogen) atoms. The van der Waals surface area contributed by atoms with E-state index in [1.165, 1.54) is 16.8 Å². The van der Waals surface area contributed by atoms with Gasteiger partial charge in [-0.15, -0.1) is 0 Å². The zero-order valence-electron chi connectivity index (χ0n) is 20.8. The molecule has 0 amide bonds. The topological polar surface area (TPSA) is 87.1 Å². The number of carboxylic acids is 2. The van der Waals surface area contributed by atoms with E-state index >= 15 is 0 Å². The zero-order chi connectivity index (χ0) is 24.9. The lowest BCUT2D eigenvalue weighted by atomic mass is 9.96. The Kier molecular flexibility index (Phi) is 11.4. The van der Waals surface area contributed by atoms with Gasteiger partial charge in [0.1, 0.15) is 5.75 Å². The molecule has 0 unspecified atom stereocenters. The number of rotatable bonds is 16. The Morgan fingerprint density at radius 1 is 0.853 bits per heavy atom. The minimum atomic E-state index is -0.844. The smallest absolute Gasteiger partial charge is 0.303 e. The number of carboxylic acid groups (broad SMARTS) is 2. The van der Waals surface area contributed by atoms with Crippen LogP contribution in [0.4, 0.5) is 5.69 Å². The lowest BCUT2D eigenvalue weighted by Crippen LogP contribution is -2.18. The first-order valence-electron chi connectivity index (χ1n) is 12.2. The van der Waals surface area contributed by atoms with Gasteiger partial charge >= 0.3 is 11.9 Å². The van der Waals surface area contributed by atoms with Crippen molar-refractivity contribution >= 4 is 17.6 Å². The van der Waals surface area contributed by atoms with E-state index in [4.69, 9.17) is 14.9 Å². The van der Waals surface area contributed by atoms with Gasteiger partial charge in [-0.2, -0.15) is 0 Å². The highest BCUT2D eigenvalue weighted by molar-refractivity contribution is 5.67. The van der Waals surface area contributed by atoms with Crippen LogP contribution < -0.4 is 9.64 Å². The summed E-state index contributed by atoms with van der Waals surface area (Å²) in [5.41, 5.74) is 5.90. The zero-order valence-corrected chi connectivity index (χ0v) is 20.8. The Hall–Kier alpha value is -3.02. The van der Waals surface area contributed by atoms with E-state index in [0.717, 1.165) is 49.8 Å². The highest BCUT2D eigenvalue weighted by Crippen LogP contribution is 2.26. The average molecular weight is 470 g/mol. The molecule has 0 aromatic heterocycles. The highest BCUT2D eigenvalue weighted by Gasteiger charge is 2.12. The normalized spacial score (nSPS) is 10.8. The highest BCUT2D eigenvalue weighted by atomic mass is 16.5. The van der Waals surface area contributed by atoms with Crippen LogP contribution in [0.2, 0.25) is 0 Å². The number of anilines is 1. The summed E-state index contributed by atoms with van der Waals surface area (Å²) in [5, 5.41) is 18.0. The number of aryl methyl sites for hydroxylation is 3. The van der Waals surface area contributed by atoms with Crippen LogP contribution >= 0.6 is 0 Å². The maximum absolute atomic E-state index is 11.1. The fourth-order valence-electron chi connectivity index (χ4n) is 4.22. The fraction of sp³-hybridized carbons (Fsp3) is 0.500. The molecular formula is C28H39NO5. The van der Waals surface area contributed by atoms with Gasteiger partial charge in [0.15, 0.2) is 0 Å². The number of carbonyl (C=O) groups is 2. The van der Waals surface area contributed by atoms with Gasteiger partial charge in [0, 0.05) is 32.1 Å². The standard InChI is InChI=1S/C28H39NO5/c1-21-18-22(2)20-24(19-21)29(3)16-7-5-4-6-10-23-11-8-12-26(25(23)14-15-28(32)33)34-17-9-13-27(30)31/h8,11-12,18-20H,4-7,9-10,13-17H2,1-3H3,(H,30,31)(H,32,33). The Morgan fingerprint density at radius 3 is 2.21 bits per heavy atom. The molecule has 6 heteroatoms. The van der Waals surface area contributed by atoms with Crippen LogP contribution in [-0.4, -0.2) is 42.4 Å². The summed E-state index contributed by atoms with van der Waals surface area (Å²) >= 11 is 0. The van der Waals surface area contributed by atoms with Gasteiger partial charge in [-0.25, -0.2) is 0 Å². The van der Waals surface area contributed by atoms with E-state index in [0.29, 0.717) is 25.2 Å². The maximum atomic E-state index is 11.1. The molecular weight excluding hydrogens is 430 g/mol. The van der Waals surface area contributed by atoms with Crippen molar-refractivity contribution in [3.8, 4) is 5.75 Å². The molecule has 2 N–H and O–H groups in total. The van der Waals surface area contributed by atoms with Crippen molar-refractivity contribution in [1.82, 2.24) is 0 Å². The Bertz CT molecular complexity index is 920. The van der Waals surface area contributed by atoms with Gasteiger partial charge in [0.05, 0.1) is 6.61 Å². The van der Waals surface area contributed by atoms with Crippen LogP contribution in [0.5, 0.6) is 5.75 Å². The maximum Gasteiger partial charge on any atom is 0.303 e. The number of benzene rings is 2. The van der Waals surface area contributed by atoms with E-state index in [9.17, 15) is 9.59 Å². The third-order valence-electron chi connectivity index (χ3n) is 5.95. The summed E-state index contributed by atoms with van der Waals surface area (Å²) in [6.45, 7) is 5.59. The number of hydrogen-bond acceptors (Lipinski definition) is 4. The molecule has 0 radical (unpaired) electrons. The van der Waals surface area contributed by atoms with Crippen molar-refractivity contribution in [3.63, 3.8) is 0 Å². The second kappa shape index (κ2) is 14.3. The molecule has 0 saturated carbocycles. The number of hydrogen-bond donors (Lipinski definition) is 2. The van der Waals surface area contributed by atoms with Crippen LogP contribution in [0.3, 0.4) is 0 Å². The summed E-state index contributed by atoms with van der Waals surface area (Å²) < 4.78 is 5.83.